The average molecular weight is 224 g/mol. The summed E-state index contributed by atoms with van der Waals surface area (Å²) >= 11 is 0. The van der Waals surface area contributed by atoms with Crippen molar-refractivity contribution >= 4 is 12.4 Å². The molecule has 2 aliphatic rings. The van der Waals surface area contributed by atoms with Gasteiger partial charge in [0.05, 0.1) is 26.2 Å². The molecular weight excluding hydrogens is 200 g/mol. The molecule has 0 amide bonds. The Kier molecular flexibility index (Phi) is 4.07. The molecule has 0 spiro atoms. The van der Waals surface area contributed by atoms with Gasteiger partial charge >= 0.3 is 0 Å². The molecule has 0 aromatic heterocycles. The molecule has 0 bridgehead atoms. The Morgan fingerprint density at radius 2 is 1.00 bits per heavy atom. The maximum Gasteiger partial charge on any atom is 0.227 e. The molecule has 16 heavy (non-hydrogen) atoms. The topological polar surface area (TPSA) is 12.5 Å². The van der Waals surface area contributed by atoms with E-state index in [1.165, 1.54) is 52.4 Å². The van der Waals surface area contributed by atoms with Crippen LogP contribution in [0.4, 0.5) is 0 Å². The normalized spacial score (nSPS) is 24.6. The highest BCUT2D eigenvalue weighted by Gasteiger charge is 2.17. The van der Waals surface area contributed by atoms with Gasteiger partial charge in [-0.2, -0.15) is 0 Å². The zero-order valence-corrected chi connectivity index (χ0v) is 10.6. The Hall–Kier alpha value is -0.740. The van der Waals surface area contributed by atoms with Crippen LogP contribution < -0.4 is 0 Å². The lowest BCUT2D eigenvalue weighted by atomic mass is 10.3. The number of piperazine rings is 2. The highest BCUT2D eigenvalue weighted by atomic mass is 15.2. The minimum atomic E-state index is 1.17. The van der Waals surface area contributed by atoms with Crippen molar-refractivity contribution in [1.82, 2.24) is 9.80 Å². The van der Waals surface area contributed by atoms with Gasteiger partial charge in [-0.05, 0) is 14.1 Å². The molecule has 2 saturated heterocycles. The van der Waals surface area contributed by atoms with Gasteiger partial charge in [0.1, 0.15) is 0 Å². The molecule has 2 heterocycles. The maximum absolute atomic E-state index is 2.43. The number of likely N-dealkylation sites (N-methyl/N-ethyl adjacent to an activating group) is 2. The van der Waals surface area contributed by atoms with Crippen LogP contribution in [0.5, 0.6) is 0 Å². The summed E-state index contributed by atoms with van der Waals surface area (Å²) in [6.07, 6.45) is 4.55. The van der Waals surface area contributed by atoms with Gasteiger partial charge in [-0.25, -0.2) is 9.15 Å². The third kappa shape index (κ3) is 3.39. The van der Waals surface area contributed by atoms with E-state index in [0.29, 0.717) is 0 Å². The molecule has 4 heteroatoms. The fourth-order valence-corrected chi connectivity index (χ4v) is 2.13. The zero-order chi connectivity index (χ0) is 11.4. The fraction of sp³-hybridized carbons (Fsp3) is 0.833. The first-order chi connectivity index (χ1) is 7.74. The second-order valence-corrected chi connectivity index (χ2v) is 4.98. The zero-order valence-electron chi connectivity index (χ0n) is 10.6. The summed E-state index contributed by atoms with van der Waals surface area (Å²) in [6.45, 7) is 9.42. The predicted molar refractivity (Wildman–Crippen MR) is 67.1 cm³/mol. The van der Waals surface area contributed by atoms with E-state index < -0.39 is 0 Å². The summed E-state index contributed by atoms with van der Waals surface area (Å²) in [5.41, 5.74) is 0. The molecule has 2 rings (SSSR count). The average Bonchev–Trinajstić information content (AvgIpc) is 2.30. The summed E-state index contributed by atoms with van der Waals surface area (Å²) in [4.78, 5) is 4.78. The molecule has 2 aliphatic heterocycles. The van der Waals surface area contributed by atoms with Gasteiger partial charge in [-0.1, -0.05) is 0 Å². The molecular formula is C12H24N4+2. The highest BCUT2D eigenvalue weighted by molar-refractivity contribution is 6.10. The molecule has 0 atom stereocenters. The largest absolute Gasteiger partial charge is 0.294 e. The lowest BCUT2D eigenvalue weighted by molar-refractivity contribution is -0.545. The second-order valence-electron chi connectivity index (χ2n) is 4.98. The maximum atomic E-state index is 2.43. The van der Waals surface area contributed by atoms with Crippen LogP contribution in [0.15, 0.2) is 0 Å². The number of nitrogens with zero attached hydrogens (tertiary/aromatic N) is 4. The molecule has 0 aromatic carbocycles. The Morgan fingerprint density at radius 1 is 0.688 bits per heavy atom. The Bertz CT molecular complexity index is 245. The molecule has 0 unspecified atom stereocenters. The number of hydrogen-bond donors (Lipinski definition) is 0. The smallest absolute Gasteiger partial charge is 0.227 e. The van der Waals surface area contributed by atoms with Crippen LogP contribution in [0.25, 0.3) is 0 Å². The van der Waals surface area contributed by atoms with Crippen molar-refractivity contribution in [3.05, 3.63) is 0 Å². The molecule has 0 N–H and O–H groups in total. The van der Waals surface area contributed by atoms with Gasteiger partial charge in [-0.15, -0.1) is 0 Å². The van der Waals surface area contributed by atoms with Crippen LogP contribution in [-0.4, -0.2) is 97.8 Å². The third-order valence-electron chi connectivity index (χ3n) is 3.56. The van der Waals surface area contributed by atoms with Crippen molar-refractivity contribution in [2.45, 2.75) is 0 Å². The van der Waals surface area contributed by atoms with Crippen molar-refractivity contribution in [2.24, 2.45) is 0 Å². The van der Waals surface area contributed by atoms with E-state index in [-0.39, 0.29) is 0 Å². The van der Waals surface area contributed by atoms with E-state index in [0.717, 1.165) is 0 Å². The van der Waals surface area contributed by atoms with Crippen LogP contribution in [-0.2, 0) is 0 Å². The van der Waals surface area contributed by atoms with Crippen molar-refractivity contribution in [3.63, 3.8) is 0 Å². The van der Waals surface area contributed by atoms with Crippen molar-refractivity contribution < 1.29 is 9.15 Å². The van der Waals surface area contributed by atoms with Crippen LogP contribution >= 0.6 is 0 Å². The first-order valence-electron chi connectivity index (χ1n) is 6.27. The number of rotatable bonds is 1. The van der Waals surface area contributed by atoms with Crippen LogP contribution in [0.2, 0.25) is 0 Å². The van der Waals surface area contributed by atoms with Gasteiger partial charge in [-0.3, -0.25) is 9.80 Å². The lowest BCUT2D eigenvalue weighted by Crippen LogP contribution is -2.42. The summed E-state index contributed by atoms with van der Waals surface area (Å²) in [5.74, 6) is 0. The van der Waals surface area contributed by atoms with Crippen LogP contribution in [0.1, 0.15) is 0 Å². The first-order valence-corrected chi connectivity index (χ1v) is 6.27. The van der Waals surface area contributed by atoms with Crippen LogP contribution in [0, 0.1) is 0 Å². The monoisotopic (exact) mass is 224 g/mol. The van der Waals surface area contributed by atoms with Gasteiger partial charge in [0.15, 0.2) is 26.2 Å². The van der Waals surface area contributed by atoms with E-state index >= 15 is 0 Å². The summed E-state index contributed by atoms with van der Waals surface area (Å²) in [6, 6.07) is 0. The van der Waals surface area contributed by atoms with Gasteiger partial charge in [0.2, 0.25) is 12.4 Å². The van der Waals surface area contributed by atoms with Gasteiger partial charge in [0, 0.05) is 0 Å². The summed E-state index contributed by atoms with van der Waals surface area (Å²) < 4.78 is 4.86. The quantitative estimate of drug-likeness (QED) is 0.532. The summed E-state index contributed by atoms with van der Waals surface area (Å²) in [5, 5.41) is 0. The predicted octanol–water partition coefficient (Wildman–Crippen LogP) is -0.956. The highest BCUT2D eigenvalue weighted by Crippen LogP contribution is 1.92. The van der Waals surface area contributed by atoms with Crippen molar-refractivity contribution in [1.29, 1.82) is 0 Å². The third-order valence-corrected chi connectivity index (χ3v) is 3.56. The first kappa shape index (κ1) is 11.7. The molecule has 0 aromatic rings. The Labute approximate surface area is 98.5 Å². The minimum absolute atomic E-state index is 1.17. The van der Waals surface area contributed by atoms with E-state index in [4.69, 9.17) is 0 Å². The van der Waals surface area contributed by atoms with Gasteiger partial charge < -0.3 is 0 Å². The number of hydrogen-bond acceptors (Lipinski definition) is 2. The van der Waals surface area contributed by atoms with Crippen molar-refractivity contribution in [3.8, 4) is 0 Å². The van der Waals surface area contributed by atoms with E-state index in [1.54, 1.807) is 0 Å². The van der Waals surface area contributed by atoms with E-state index in [1.807, 2.05) is 0 Å². The lowest BCUT2D eigenvalue weighted by Gasteiger charge is -2.20. The Balaban J connectivity index is 1.85. The molecule has 0 saturated carbocycles. The fourth-order valence-electron chi connectivity index (χ4n) is 2.13. The summed E-state index contributed by atoms with van der Waals surface area (Å²) in [7, 11) is 4.39. The minimum Gasteiger partial charge on any atom is -0.294 e. The van der Waals surface area contributed by atoms with E-state index in [9.17, 15) is 0 Å². The van der Waals surface area contributed by atoms with E-state index in [2.05, 4.69) is 45.5 Å². The second kappa shape index (κ2) is 5.55. The van der Waals surface area contributed by atoms with Gasteiger partial charge in [0.25, 0.3) is 0 Å². The SMILES string of the molecule is CN1CC[N+](=CC=[N+]2CCN(C)CC2)CC1. The Morgan fingerprint density at radius 3 is 1.31 bits per heavy atom. The van der Waals surface area contributed by atoms with Crippen LogP contribution in [0.3, 0.4) is 0 Å². The van der Waals surface area contributed by atoms with Crippen molar-refractivity contribution in [2.75, 3.05) is 66.5 Å². The molecule has 4 nitrogen and oxygen atoms in total. The molecule has 90 valence electrons. The molecule has 0 radical (unpaired) electrons. The molecule has 0 aliphatic carbocycles. The standard InChI is InChI=1S/C12H24N4/c1-13-3-7-15(8-4-13)11-12-16-9-5-14(2)6-10-16/h11-12H,3-10H2,1-2H3/q+2. The molecule has 2 fully saturated rings.